The molecular weight excluding hydrogens is 300 g/mol. The van der Waals surface area contributed by atoms with Gasteiger partial charge in [0.15, 0.2) is 0 Å². The third-order valence-corrected chi connectivity index (χ3v) is 4.78. The van der Waals surface area contributed by atoms with Crippen molar-refractivity contribution < 1.29 is 9.53 Å². The number of nitrogens with one attached hydrogen (secondary N) is 2. The van der Waals surface area contributed by atoms with Gasteiger partial charge in [0.05, 0.1) is 0 Å². The molecular formula is C17H25ClN2O2. The van der Waals surface area contributed by atoms with Gasteiger partial charge in [-0.3, -0.25) is 4.79 Å². The van der Waals surface area contributed by atoms with Gasteiger partial charge in [-0.2, -0.15) is 0 Å². The molecule has 0 aromatic heterocycles. The first-order valence-electron chi connectivity index (χ1n) is 7.70. The van der Waals surface area contributed by atoms with E-state index in [0.29, 0.717) is 19.4 Å². The molecule has 0 aliphatic carbocycles. The number of amides is 1. The Balaban J connectivity index is 2.01. The Morgan fingerprint density at radius 1 is 1.32 bits per heavy atom. The minimum atomic E-state index is -0.693. The molecule has 0 bridgehead atoms. The highest BCUT2D eigenvalue weighted by Gasteiger charge is 2.40. The maximum absolute atomic E-state index is 12.6. The SMILES string of the molecule is COC1(C(=O)NCC(C)(C)c2ccc(Cl)cc2)CCNCC1. The fourth-order valence-electron chi connectivity index (χ4n) is 2.82. The molecule has 22 heavy (non-hydrogen) atoms. The molecule has 0 spiro atoms. The second kappa shape index (κ2) is 6.99. The fraction of sp³-hybridized carbons (Fsp3) is 0.588. The Labute approximate surface area is 137 Å². The lowest BCUT2D eigenvalue weighted by molar-refractivity contribution is -0.146. The van der Waals surface area contributed by atoms with Gasteiger partial charge in [-0.1, -0.05) is 37.6 Å². The van der Waals surface area contributed by atoms with E-state index in [1.165, 1.54) is 0 Å². The van der Waals surface area contributed by atoms with Gasteiger partial charge in [0, 0.05) is 24.1 Å². The average molecular weight is 325 g/mol. The molecule has 5 heteroatoms. The van der Waals surface area contributed by atoms with E-state index in [-0.39, 0.29) is 11.3 Å². The van der Waals surface area contributed by atoms with Crippen LogP contribution in [0.15, 0.2) is 24.3 Å². The van der Waals surface area contributed by atoms with E-state index in [1.54, 1.807) is 7.11 Å². The molecule has 0 atom stereocenters. The summed E-state index contributed by atoms with van der Waals surface area (Å²) in [4.78, 5) is 12.6. The van der Waals surface area contributed by atoms with Crippen molar-refractivity contribution in [3.05, 3.63) is 34.9 Å². The minimum absolute atomic E-state index is 0.0152. The van der Waals surface area contributed by atoms with Crippen LogP contribution in [0.5, 0.6) is 0 Å². The van der Waals surface area contributed by atoms with Crippen molar-refractivity contribution in [3.63, 3.8) is 0 Å². The van der Waals surface area contributed by atoms with Crippen LogP contribution in [-0.4, -0.2) is 38.3 Å². The van der Waals surface area contributed by atoms with Crippen LogP contribution in [-0.2, 0) is 14.9 Å². The van der Waals surface area contributed by atoms with Gasteiger partial charge in [0.1, 0.15) is 5.60 Å². The lowest BCUT2D eigenvalue weighted by Crippen LogP contribution is -2.55. The number of hydrogen-bond donors (Lipinski definition) is 2. The van der Waals surface area contributed by atoms with Crippen molar-refractivity contribution in [2.24, 2.45) is 0 Å². The first-order chi connectivity index (χ1) is 10.4. The standard InChI is InChI=1S/C17H25ClN2O2/c1-16(2,13-4-6-14(18)7-5-13)12-20-15(21)17(22-3)8-10-19-11-9-17/h4-7,19H,8-12H2,1-3H3,(H,20,21). The second-order valence-electron chi connectivity index (χ2n) is 6.52. The van der Waals surface area contributed by atoms with Crippen LogP contribution in [0.1, 0.15) is 32.3 Å². The molecule has 1 amide bonds. The van der Waals surface area contributed by atoms with Crippen LogP contribution in [0.25, 0.3) is 0 Å². The molecule has 122 valence electrons. The van der Waals surface area contributed by atoms with Gasteiger partial charge in [-0.05, 0) is 43.6 Å². The molecule has 1 aromatic carbocycles. The normalized spacial score (nSPS) is 18.0. The number of piperidine rings is 1. The third-order valence-electron chi connectivity index (χ3n) is 4.53. The monoisotopic (exact) mass is 324 g/mol. The topological polar surface area (TPSA) is 50.4 Å². The lowest BCUT2D eigenvalue weighted by atomic mass is 9.84. The summed E-state index contributed by atoms with van der Waals surface area (Å²) in [5.74, 6) is -0.0152. The van der Waals surface area contributed by atoms with Crippen LogP contribution in [0, 0.1) is 0 Å². The Hall–Kier alpha value is -1.10. The van der Waals surface area contributed by atoms with Gasteiger partial charge in [0.2, 0.25) is 0 Å². The van der Waals surface area contributed by atoms with Crippen molar-refractivity contribution in [3.8, 4) is 0 Å². The van der Waals surface area contributed by atoms with Gasteiger partial charge in [-0.25, -0.2) is 0 Å². The zero-order chi connectivity index (χ0) is 16.2. The number of methoxy groups -OCH3 is 1. The summed E-state index contributed by atoms with van der Waals surface area (Å²) in [6.07, 6.45) is 1.41. The quantitative estimate of drug-likeness (QED) is 0.875. The average Bonchev–Trinajstić information content (AvgIpc) is 2.53. The summed E-state index contributed by atoms with van der Waals surface area (Å²) in [5, 5.41) is 7.05. The molecule has 0 saturated carbocycles. The summed E-state index contributed by atoms with van der Waals surface area (Å²) >= 11 is 5.94. The number of rotatable bonds is 5. The lowest BCUT2D eigenvalue weighted by Gasteiger charge is -2.36. The largest absolute Gasteiger partial charge is 0.368 e. The molecule has 1 saturated heterocycles. The molecule has 0 unspecified atom stereocenters. The first kappa shape index (κ1) is 17.3. The Bertz CT molecular complexity index is 508. The number of benzene rings is 1. The summed E-state index contributed by atoms with van der Waals surface area (Å²) < 4.78 is 5.56. The van der Waals surface area contributed by atoms with Gasteiger partial charge in [-0.15, -0.1) is 0 Å². The van der Waals surface area contributed by atoms with E-state index in [0.717, 1.165) is 23.7 Å². The van der Waals surface area contributed by atoms with Crippen molar-refractivity contribution in [1.29, 1.82) is 0 Å². The van der Waals surface area contributed by atoms with Crippen molar-refractivity contribution in [1.82, 2.24) is 10.6 Å². The van der Waals surface area contributed by atoms with E-state index in [2.05, 4.69) is 24.5 Å². The molecule has 0 radical (unpaired) electrons. The molecule has 2 rings (SSSR count). The van der Waals surface area contributed by atoms with E-state index < -0.39 is 5.60 Å². The van der Waals surface area contributed by atoms with Crippen molar-refractivity contribution in [2.45, 2.75) is 37.7 Å². The highest BCUT2D eigenvalue weighted by molar-refractivity contribution is 6.30. The van der Waals surface area contributed by atoms with Crippen LogP contribution in [0.4, 0.5) is 0 Å². The summed E-state index contributed by atoms with van der Waals surface area (Å²) in [6, 6.07) is 7.77. The predicted octanol–water partition coefficient (Wildman–Crippen LogP) is 2.50. The Morgan fingerprint density at radius 2 is 1.91 bits per heavy atom. The van der Waals surface area contributed by atoms with Crippen molar-refractivity contribution in [2.75, 3.05) is 26.7 Å². The van der Waals surface area contributed by atoms with E-state index in [1.807, 2.05) is 24.3 Å². The number of halogens is 1. The molecule has 1 aromatic rings. The number of hydrogen-bond acceptors (Lipinski definition) is 3. The van der Waals surface area contributed by atoms with Crippen molar-refractivity contribution >= 4 is 17.5 Å². The zero-order valence-corrected chi connectivity index (χ0v) is 14.3. The van der Waals surface area contributed by atoms with Crippen LogP contribution in [0.2, 0.25) is 5.02 Å². The summed E-state index contributed by atoms with van der Waals surface area (Å²) in [5.41, 5.74) is 0.289. The van der Waals surface area contributed by atoms with Gasteiger partial charge >= 0.3 is 0 Å². The van der Waals surface area contributed by atoms with Crippen LogP contribution >= 0.6 is 11.6 Å². The highest BCUT2D eigenvalue weighted by Crippen LogP contribution is 2.26. The molecule has 4 nitrogen and oxygen atoms in total. The predicted molar refractivity (Wildman–Crippen MR) is 89.3 cm³/mol. The van der Waals surface area contributed by atoms with E-state index in [9.17, 15) is 4.79 Å². The first-order valence-corrected chi connectivity index (χ1v) is 8.08. The third kappa shape index (κ3) is 3.80. The molecule has 1 aliphatic rings. The minimum Gasteiger partial charge on any atom is -0.368 e. The van der Waals surface area contributed by atoms with E-state index >= 15 is 0 Å². The molecule has 1 fully saturated rings. The van der Waals surface area contributed by atoms with Gasteiger partial charge < -0.3 is 15.4 Å². The molecule has 1 aliphatic heterocycles. The second-order valence-corrected chi connectivity index (χ2v) is 6.96. The summed E-state index contributed by atoms with van der Waals surface area (Å²) in [6.45, 7) is 6.40. The fourth-order valence-corrected chi connectivity index (χ4v) is 2.95. The Morgan fingerprint density at radius 3 is 2.45 bits per heavy atom. The maximum Gasteiger partial charge on any atom is 0.252 e. The van der Waals surface area contributed by atoms with Gasteiger partial charge in [0.25, 0.3) is 5.91 Å². The number of carbonyl (C=O) groups is 1. The van der Waals surface area contributed by atoms with Crippen LogP contribution < -0.4 is 10.6 Å². The molecule has 1 heterocycles. The Kier molecular flexibility index (Phi) is 5.48. The smallest absolute Gasteiger partial charge is 0.252 e. The van der Waals surface area contributed by atoms with Crippen LogP contribution in [0.3, 0.4) is 0 Å². The number of ether oxygens (including phenoxy) is 1. The van der Waals surface area contributed by atoms with E-state index in [4.69, 9.17) is 16.3 Å². The number of carbonyl (C=O) groups excluding carboxylic acids is 1. The maximum atomic E-state index is 12.6. The summed E-state index contributed by atoms with van der Waals surface area (Å²) in [7, 11) is 1.62. The highest BCUT2D eigenvalue weighted by atomic mass is 35.5. The molecule has 2 N–H and O–H groups in total. The zero-order valence-electron chi connectivity index (χ0n) is 13.5.